The molecule has 1 fully saturated rings. The fourth-order valence-corrected chi connectivity index (χ4v) is 4.79. The minimum Gasteiger partial charge on any atom is -0.478 e. The van der Waals surface area contributed by atoms with E-state index in [2.05, 4.69) is 10.3 Å². The molecule has 0 spiro atoms. The van der Waals surface area contributed by atoms with E-state index in [1.54, 1.807) is 33.7 Å². The summed E-state index contributed by atoms with van der Waals surface area (Å²) < 4.78 is 43.0. The molecule has 1 aliphatic heterocycles. The van der Waals surface area contributed by atoms with E-state index in [1.165, 1.54) is 6.07 Å². The van der Waals surface area contributed by atoms with Crippen LogP contribution in [0, 0.1) is 6.92 Å². The van der Waals surface area contributed by atoms with Gasteiger partial charge in [0.15, 0.2) is 0 Å². The minimum absolute atomic E-state index is 0.116. The van der Waals surface area contributed by atoms with E-state index in [1.807, 2.05) is 26.0 Å². The van der Waals surface area contributed by atoms with Crippen LogP contribution >= 0.6 is 0 Å². The molecule has 3 heterocycles. The van der Waals surface area contributed by atoms with Crippen molar-refractivity contribution < 1.29 is 23.1 Å². The maximum atomic E-state index is 13.9. The Kier molecular flexibility index (Phi) is 5.97. The molecule has 1 aliphatic rings. The molecule has 0 bridgehead atoms. The molecule has 2 N–H and O–H groups in total. The molecule has 188 valence electrons. The Balaban J connectivity index is 1.66. The average molecular weight is 498 g/mol. The number of aromatic nitrogens is 3. The molecule has 7 nitrogen and oxygen atoms in total. The third-order valence-corrected chi connectivity index (χ3v) is 6.62. The van der Waals surface area contributed by atoms with Gasteiger partial charge in [0.25, 0.3) is 5.92 Å². The Bertz CT molecular complexity index is 1460. The number of aromatic carboxylic acids is 1. The zero-order valence-corrected chi connectivity index (χ0v) is 19.9. The number of alkyl halides is 3. The zero-order chi connectivity index (χ0) is 25.6. The molecule has 0 amide bonds. The largest absolute Gasteiger partial charge is 0.478 e. The maximum Gasteiger partial charge on any atom is 0.337 e. The Morgan fingerprint density at radius 3 is 2.61 bits per heavy atom. The Labute approximate surface area is 205 Å². The molecule has 2 aromatic carbocycles. The van der Waals surface area contributed by atoms with Gasteiger partial charge < -0.3 is 15.3 Å². The monoisotopic (exact) mass is 497 g/mol. The second kappa shape index (κ2) is 9.00. The molecule has 1 unspecified atom stereocenters. The number of nitrogens with zero attached hydrogens (tertiary/aromatic N) is 4. The molecule has 0 radical (unpaired) electrons. The predicted octanol–water partition coefficient (Wildman–Crippen LogP) is 5.77. The summed E-state index contributed by atoms with van der Waals surface area (Å²) in [5.74, 6) is -3.33. The number of imidazole rings is 1. The number of hydrogen-bond acceptors (Lipinski definition) is 5. The molecule has 4 aromatic rings. The summed E-state index contributed by atoms with van der Waals surface area (Å²) >= 11 is 0. The molecular formula is C26H26F3N5O2. The topological polar surface area (TPSA) is 82.8 Å². The third-order valence-electron chi connectivity index (χ3n) is 6.62. The number of carboxylic acid groups (broad SMARTS) is 1. The first-order chi connectivity index (χ1) is 17.2. The van der Waals surface area contributed by atoms with Crippen molar-refractivity contribution in [1.29, 1.82) is 0 Å². The molecule has 0 saturated carbocycles. The number of halogens is 3. The lowest BCUT2D eigenvalue weighted by atomic mass is 10.0. The highest BCUT2D eigenvalue weighted by Crippen LogP contribution is 2.35. The highest BCUT2D eigenvalue weighted by molar-refractivity contribution is 5.96. The zero-order valence-electron chi connectivity index (χ0n) is 19.9. The third kappa shape index (κ3) is 4.31. The van der Waals surface area contributed by atoms with Crippen molar-refractivity contribution in [2.75, 3.05) is 23.3 Å². The average Bonchev–Trinajstić information content (AvgIpc) is 3.28. The van der Waals surface area contributed by atoms with E-state index in [9.17, 15) is 23.1 Å². The highest BCUT2D eigenvalue weighted by atomic mass is 19.3. The van der Waals surface area contributed by atoms with Gasteiger partial charge in [0, 0.05) is 48.8 Å². The fraction of sp³-hybridized carbons (Fsp3) is 0.346. The van der Waals surface area contributed by atoms with Crippen LogP contribution in [0.4, 0.5) is 24.8 Å². The van der Waals surface area contributed by atoms with Crippen LogP contribution in [-0.4, -0.2) is 44.5 Å². The van der Waals surface area contributed by atoms with Crippen LogP contribution in [0.2, 0.25) is 0 Å². The van der Waals surface area contributed by atoms with Crippen molar-refractivity contribution in [2.45, 2.75) is 45.3 Å². The quantitative estimate of drug-likeness (QED) is 0.352. The van der Waals surface area contributed by atoms with Crippen LogP contribution in [0.1, 0.15) is 53.0 Å². The van der Waals surface area contributed by atoms with Crippen LogP contribution in [0.5, 0.6) is 0 Å². The van der Waals surface area contributed by atoms with E-state index in [-0.39, 0.29) is 43.2 Å². The molecule has 2 aromatic heterocycles. The predicted molar refractivity (Wildman–Crippen MR) is 132 cm³/mol. The number of carbonyl (C=O) groups is 1. The van der Waals surface area contributed by atoms with Crippen molar-refractivity contribution in [2.24, 2.45) is 0 Å². The first-order valence-corrected chi connectivity index (χ1v) is 11.8. The van der Waals surface area contributed by atoms with E-state index in [0.717, 1.165) is 11.1 Å². The second-order valence-electron chi connectivity index (χ2n) is 9.28. The summed E-state index contributed by atoms with van der Waals surface area (Å²) in [6.07, 6.45) is 0.990. The standard InChI is InChI=1S/C26H26F3N5O2/c1-15-11-19(16(2)30-21-6-4-3-5-18(21)24(35)36)22-20(12-15)23-31-17(13-27)14-34(23)25(32-22)33-9-7-26(28,29)8-10-33/h3-6,11-12,14,16,30H,7-10,13H2,1-2H3,(H,35,36). The number of hydrogen-bond donors (Lipinski definition) is 2. The van der Waals surface area contributed by atoms with Crippen molar-refractivity contribution in [3.05, 3.63) is 65.0 Å². The number of anilines is 2. The maximum absolute atomic E-state index is 13.9. The minimum atomic E-state index is -2.72. The lowest BCUT2D eigenvalue weighted by Gasteiger charge is -2.33. The fourth-order valence-electron chi connectivity index (χ4n) is 4.79. The summed E-state index contributed by atoms with van der Waals surface area (Å²) in [7, 11) is 0. The van der Waals surface area contributed by atoms with Gasteiger partial charge in [-0.1, -0.05) is 18.2 Å². The Morgan fingerprint density at radius 1 is 1.19 bits per heavy atom. The number of nitrogens with one attached hydrogen (secondary N) is 1. The number of aryl methyl sites for hydroxylation is 1. The number of benzene rings is 2. The van der Waals surface area contributed by atoms with Crippen molar-refractivity contribution in [3.8, 4) is 0 Å². The lowest BCUT2D eigenvalue weighted by molar-refractivity contribution is -0.0222. The number of rotatable bonds is 6. The SMILES string of the molecule is Cc1cc(C(C)Nc2ccccc2C(=O)O)c2nc(N3CCC(F)(F)CC3)n3cc(CF)nc3c2c1. The summed E-state index contributed by atoms with van der Waals surface area (Å²) in [6.45, 7) is 3.30. The Hall–Kier alpha value is -3.82. The van der Waals surface area contributed by atoms with Crippen LogP contribution in [0.25, 0.3) is 16.6 Å². The van der Waals surface area contributed by atoms with Crippen LogP contribution in [0.3, 0.4) is 0 Å². The molecule has 36 heavy (non-hydrogen) atoms. The molecule has 1 saturated heterocycles. The van der Waals surface area contributed by atoms with E-state index >= 15 is 0 Å². The van der Waals surface area contributed by atoms with Gasteiger partial charge in [-0.2, -0.15) is 0 Å². The van der Waals surface area contributed by atoms with Crippen molar-refractivity contribution in [3.63, 3.8) is 0 Å². The van der Waals surface area contributed by atoms with E-state index < -0.39 is 18.6 Å². The molecule has 0 aliphatic carbocycles. The summed E-state index contributed by atoms with van der Waals surface area (Å²) in [6, 6.07) is 10.2. The van der Waals surface area contributed by atoms with Gasteiger partial charge in [-0.15, -0.1) is 0 Å². The smallest absolute Gasteiger partial charge is 0.337 e. The highest BCUT2D eigenvalue weighted by Gasteiger charge is 2.35. The first-order valence-electron chi connectivity index (χ1n) is 11.8. The number of piperidine rings is 1. The Morgan fingerprint density at radius 2 is 1.92 bits per heavy atom. The molecule has 10 heteroatoms. The van der Waals surface area contributed by atoms with Crippen LogP contribution < -0.4 is 10.2 Å². The lowest BCUT2D eigenvalue weighted by Crippen LogP contribution is -2.40. The van der Waals surface area contributed by atoms with E-state index in [4.69, 9.17) is 4.98 Å². The summed E-state index contributed by atoms with van der Waals surface area (Å²) in [4.78, 5) is 22.9. The number of carboxylic acids is 1. The normalized spacial score (nSPS) is 16.4. The van der Waals surface area contributed by atoms with Crippen molar-refractivity contribution in [1.82, 2.24) is 14.4 Å². The van der Waals surface area contributed by atoms with Gasteiger partial charge in [-0.25, -0.2) is 27.9 Å². The van der Waals surface area contributed by atoms with Gasteiger partial charge in [-0.3, -0.25) is 4.40 Å². The van der Waals surface area contributed by atoms with Gasteiger partial charge in [0.1, 0.15) is 12.3 Å². The van der Waals surface area contributed by atoms with Crippen LogP contribution in [-0.2, 0) is 6.67 Å². The molecule has 1 atom stereocenters. The first kappa shape index (κ1) is 23.9. The summed E-state index contributed by atoms with van der Waals surface area (Å²) in [5.41, 5.74) is 3.67. The molecule has 5 rings (SSSR count). The molecular weight excluding hydrogens is 471 g/mol. The van der Waals surface area contributed by atoms with Crippen LogP contribution in [0.15, 0.2) is 42.6 Å². The van der Waals surface area contributed by atoms with Crippen molar-refractivity contribution >= 4 is 34.2 Å². The van der Waals surface area contributed by atoms with Gasteiger partial charge in [-0.05, 0) is 37.6 Å². The summed E-state index contributed by atoms with van der Waals surface area (Å²) in [5, 5.41) is 13.6. The van der Waals surface area contributed by atoms with Gasteiger partial charge in [0.05, 0.1) is 22.8 Å². The van der Waals surface area contributed by atoms with Gasteiger partial charge in [0.2, 0.25) is 5.95 Å². The van der Waals surface area contributed by atoms with E-state index in [0.29, 0.717) is 28.2 Å². The van der Waals surface area contributed by atoms with Gasteiger partial charge >= 0.3 is 5.97 Å². The number of fused-ring (bicyclic) bond motifs is 3. The second-order valence-corrected chi connectivity index (χ2v) is 9.28. The number of para-hydroxylation sites is 1.